The molecule has 0 spiro atoms. The minimum absolute atomic E-state index is 1.23. The predicted octanol–water partition coefficient (Wildman–Crippen LogP) is 15.9. The van der Waals surface area contributed by atoms with Gasteiger partial charge < -0.3 is 0 Å². The fraction of sp³-hybridized carbons (Fsp3) is 0. The summed E-state index contributed by atoms with van der Waals surface area (Å²) in [5.74, 6) is 0. The van der Waals surface area contributed by atoms with Gasteiger partial charge in [-0.15, -0.1) is 0 Å². The maximum atomic E-state index is 2.40. The van der Waals surface area contributed by atoms with E-state index in [0.29, 0.717) is 0 Å². The van der Waals surface area contributed by atoms with E-state index in [0.717, 1.165) is 0 Å². The molecule has 0 aliphatic heterocycles. The highest BCUT2D eigenvalue weighted by Crippen LogP contribution is 2.40. The van der Waals surface area contributed by atoms with Crippen molar-refractivity contribution in [3.05, 3.63) is 206 Å². The number of fused-ring (bicyclic) bond motifs is 13. The van der Waals surface area contributed by atoms with Gasteiger partial charge in [-0.25, -0.2) is 0 Å². The summed E-state index contributed by atoms with van der Waals surface area (Å²) >= 11 is 0. The predicted molar refractivity (Wildman–Crippen MR) is 243 cm³/mol. The van der Waals surface area contributed by atoms with Crippen molar-refractivity contribution < 1.29 is 0 Å². The first-order valence-corrected chi connectivity index (χ1v) is 19.5. The Labute approximate surface area is 324 Å². The molecule has 258 valence electrons. The maximum absolute atomic E-state index is 2.40. The van der Waals surface area contributed by atoms with Crippen molar-refractivity contribution in [3.63, 3.8) is 0 Å². The molecule has 0 saturated heterocycles. The Balaban J connectivity index is 0.932. The molecule has 0 atom stereocenters. The summed E-state index contributed by atoms with van der Waals surface area (Å²) in [6, 6.07) is 76.7. The molecule has 0 amide bonds. The monoisotopic (exact) mass is 706 g/mol. The van der Waals surface area contributed by atoms with Gasteiger partial charge in [0.05, 0.1) is 0 Å². The molecule has 0 unspecified atom stereocenters. The van der Waals surface area contributed by atoms with E-state index in [-0.39, 0.29) is 0 Å². The van der Waals surface area contributed by atoms with Gasteiger partial charge in [-0.2, -0.15) is 0 Å². The molecule has 0 fully saturated rings. The normalized spacial score (nSPS) is 11.9. The minimum atomic E-state index is 1.23. The molecular weight excluding hydrogens is 673 g/mol. The van der Waals surface area contributed by atoms with Crippen LogP contribution in [0.4, 0.5) is 0 Å². The Hall–Kier alpha value is -7.28. The van der Waals surface area contributed by atoms with Gasteiger partial charge in [-0.3, -0.25) is 0 Å². The zero-order valence-electron chi connectivity index (χ0n) is 30.6. The molecule has 0 heteroatoms. The molecule has 0 saturated carbocycles. The maximum Gasteiger partial charge on any atom is -0.00928 e. The fourth-order valence-electron chi connectivity index (χ4n) is 9.30. The standard InChI is InChI=1S/C56H34/c1-3-9-47-35(7-1)16-22-46-31-42(23-26-49(46)47)45-25-28-53-52-27-24-44(33-55(52)50-11-5-6-12-51(50)56(53)34-45)41-21-19-38-29-40(20-18-39(38)30-41)43-17-15-37-14-13-36-8-2-4-10-48(36)54(37)32-43/h1-34H. The summed E-state index contributed by atoms with van der Waals surface area (Å²) in [6.45, 7) is 0. The van der Waals surface area contributed by atoms with E-state index in [2.05, 4.69) is 206 Å². The first-order valence-electron chi connectivity index (χ1n) is 19.5. The molecule has 0 nitrogen and oxygen atoms in total. The van der Waals surface area contributed by atoms with Crippen molar-refractivity contribution in [1.82, 2.24) is 0 Å². The summed E-state index contributed by atoms with van der Waals surface area (Å²) in [5, 5.41) is 20.5. The van der Waals surface area contributed by atoms with Crippen LogP contribution in [0.2, 0.25) is 0 Å². The molecule has 0 aromatic heterocycles. The average molecular weight is 707 g/mol. The third-order valence-electron chi connectivity index (χ3n) is 12.2. The van der Waals surface area contributed by atoms with Crippen molar-refractivity contribution in [2.24, 2.45) is 0 Å². The number of rotatable bonds is 3. The molecule has 0 aliphatic carbocycles. The van der Waals surface area contributed by atoms with Crippen LogP contribution in [-0.2, 0) is 0 Å². The van der Waals surface area contributed by atoms with Gasteiger partial charge >= 0.3 is 0 Å². The molecule has 0 radical (unpaired) electrons. The molecule has 56 heavy (non-hydrogen) atoms. The summed E-state index contributed by atoms with van der Waals surface area (Å²) in [7, 11) is 0. The molecule has 0 N–H and O–H groups in total. The topological polar surface area (TPSA) is 0 Å². The van der Waals surface area contributed by atoms with E-state index in [4.69, 9.17) is 0 Å². The van der Waals surface area contributed by atoms with Crippen LogP contribution in [0.1, 0.15) is 0 Å². The van der Waals surface area contributed by atoms with Crippen LogP contribution in [0.3, 0.4) is 0 Å². The second kappa shape index (κ2) is 12.1. The van der Waals surface area contributed by atoms with E-state index in [1.165, 1.54) is 120 Å². The SMILES string of the molecule is c1ccc2c(c1)ccc1cc(-c3ccc4c5ccc(-c6ccc7cc(-c8ccc9ccc%10ccccc%10c9c8)ccc7c6)cc5c5ccccc5c4c3)ccc12. The van der Waals surface area contributed by atoms with Crippen molar-refractivity contribution in [3.8, 4) is 33.4 Å². The lowest BCUT2D eigenvalue weighted by molar-refractivity contribution is 1.66. The van der Waals surface area contributed by atoms with Crippen LogP contribution in [-0.4, -0.2) is 0 Å². The summed E-state index contributed by atoms with van der Waals surface area (Å²) in [4.78, 5) is 0. The van der Waals surface area contributed by atoms with Crippen LogP contribution in [0.25, 0.3) is 120 Å². The number of hydrogen-bond donors (Lipinski definition) is 0. The Morgan fingerprint density at radius 2 is 0.429 bits per heavy atom. The minimum Gasteiger partial charge on any atom is -0.0616 e. The fourth-order valence-corrected chi connectivity index (χ4v) is 9.30. The van der Waals surface area contributed by atoms with Crippen LogP contribution in [0.15, 0.2) is 206 Å². The van der Waals surface area contributed by atoms with Crippen molar-refractivity contribution >= 4 is 86.2 Å². The second-order valence-electron chi connectivity index (χ2n) is 15.3. The highest BCUT2D eigenvalue weighted by molar-refractivity contribution is 6.26. The largest absolute Gasteiger partial charge is 0.0616 e. The lowest BCUT2D eigenvalue weighted by Crippen LogP contribution is -1.87. The first kappa shape index (κ1) is 31.1. The Morgan fingerprint density at radius 3 is 0.964 bits per heavy atom. The van der Waals surface area contributed by atoms with Gasteiger partial charge in [0.25, 0.3) is 0 Å². The van der Waals surface area contributed by atoms with Gasteiger partial charge in [0.15, 0.2) is 0 Å². The third-order valence-corrected chi connectivity index (χ3v) is 12.2. The summed E-state index contributed by atoms with van der Waals surface area (Å²) in [5.41, 5.74) is 7.42. The summed E-state index contributed by atoms with van der Waals surface area (Å²) < 4.78 is 0. The molecular formula is C56H34. The Bertz CT molecular complexity index is 3570. The van der Waals surface area contributed by atoms with Crippen LogP contribution in [0, 0.1) is 0 Å². The lowest BCUT2D eigenvalue weighted by atomic mass is 9.89. The number of hydrogen-bond acceptors (Lipinski definition) is 0. The van der Waals surface area contributed by atoms with E-state index >= 15 is 0 Å². The van der Waals surface area contributed by atoms with Gasteiger partial charge in [0, 0.05) is 0 Å². The Kier molecular flexibility index (Phi) is 6.73. The molecule has 0 aliphatic rings. The zero-order chi connectivity index (χ0) is 36.7. The average Bonchev–Trinajstić information content (AvgIpc) is 3.28. The van der Waals surface area contributed by atoms with E-state index in [9.17, 15) is 0 Å². The highest BCUT2D eigenvalue weighted by atomic mass is 14.2. The second-order valence-corrected chi connectivity index (χ2v) is 15.3. The van der Waals surface area contributed by atoms with Crippen molar-refractivity contribution in [1.29, 1.82) is 0 Å². The highest BCUT2D eigenvalue weighted by Gasteiger charge is 2.13. The quantitative estimate of drug-likeness (QED) is 0.160. The van der Waals surface area contributed by atoms with Crippen LogP contribution < -0.4 is 0 Å². The smallest absolute Gasteiger partial charge is 0.00928 e. The van der Waals surface area contributed by atoms with E-state index in [1.807, 2.05) is 0 Å². The molecule has 0 bridgehead atoms. The molecule has 0 heterocycles. The molecule has 12 rings (SSSR count). The van der Waals surface area contributed by atoms with E-state index < -0.39 is 0 Å². The third kappa shape index (κ3) is 4.86. The molecule has 12 aromatic carbocycles. The van der Waals surface area contributed by atoms with Crippen molar-refractivity contribution in [2.45, 2.75) is 0 Å². The summed E-state index contributed by atoms with van der Waals surface area (Å²) in [6.07, 6.45) is 0. The number of benzene rings is 12. The lowest BCUT2D eigenvalue weighted by Gasteiger charge is -2.14. The van der Waals surface area contributed by atoms with E-state index in [1.54, 1.807) is 0 Å². The van der Waals surface area contributed by atoms with Crippen molar-refractivity contribution in [2.75, 3.05) is 0 Å². The van der Waals surface area contributed by atoms with Gasteiger partial charge in [0.1, 0.15) is 0 Å². The van der Waals surface area contributed by atoms with Crippen LogP contribution >= 0.6 is 0 Å². The van der Waals surface area contributed by atoms with Crippen LogP contribution in [0.5, 0.6) is 0 Å². The first-order chi connectivity index (χ1) is 27.7. The molecule has 12 aromatic rings. The van der Waals surface area contributed by atoms with Gasteiger partial charge in [-0.05, 0) is 156 Å². The van der Waals surface area contributed by atoms with Gasteiger partial charge in [0.2, 0.25) is 0 Å². The Morgan fingerprint density at radius 1 is 0.143 bits per heavy atom. The van der Waals surface area contributed by atoms with Gasteiger partial charge in [-0.1, -0.05) is 170 Å². The zero-order valence-corrected chi connectivity index (χ0v) is 30.6.